The number of benzene rings is 1. The van der Waals surface area contributed by atoms with Crippen molar-refractivity contribution in [2.45, 2.75) is 50.4 Å². The van der Waals surface area contributed by atoms with E-state index in [1.807, 2.05) is 19.2 Å². The molecule has 1 aromatic rings. The zero-order chi connectivity index (χ0) is 16.1. The zero-order valence-electron chi connectivity index (χ0n) is 14.0. The summed E-state index contributed by atoms with van der Waals surface area (Å²) in [5.74, 6) is 1.81. The van der Waals surface area contributed by atoms with Crippen molar-refractivity contribution in [2.24, 2.45) is 4.99 Å². The number of nitrogens with zero attached hydrogens (tertiary/aromatic N) is 1. The van der Waals surface area contributed by atoms with Crippen LogP contribution in [0, 0.1) is 0 Å². The maximum absolute atomic E-state index is 5.88. The SMILES string of the molecule is CN=C(NCCCc1cccc(OC)c1)NC1CC2CCC1O2. The Morgan fingerprint density at radius 1 is 1.39 bits per heavy atom. The fourth-order valence-corrected chi connectivity index (χ4v) is 3.49. The molecule has 0 radical (unpaired) electrons. The molecule has 3 rings (SSSR count). The molecule has 0 aromatic heterocycles. The largest absolute Gasteiger partial charge is 0.497 e. The van der Waals surface area contributed by atoms with Crippen LogP contribution >= 0.6 is 0 Å². The molecule has 2 aliphatic rings. The van der Waals surface area contributed by atoms with E-state index in [1.54, 1.807) is 7.11 Å². The summed E-state index contributed by atoms with van der Waals surface area (Å²) in [4.78, 5) is 4.33. The van der Waals surface area contributed by atoms with Gasteiger partial charge in [-0.15, -0.1) is 0 Å². The summed E-state index contributed by atoms with van der Waals surface area (Å²) in [5.41, 5.74) is 1.30. The molecule has 5 nitrogen and oxygen atoms in total. The van der Waals surface area contributed by atoms with Crippen molar-refractivity contribution in [2.75, 3.05) is 20.7 Å². The topological polar surface area (TPSA) is 54.9 Å². The molecule has 0 amide bonds. The Balaban J connectivity index is 1.38. The van der Waals surface area contributed by atoms with Crippen molar-refractivity contribution in [1.82, 2.24) is 10.6 Å². The minimum atomic E-state index is 0.371. The molecule has 2 N–H and O–H groups in total. The summed E-state index contributed by atoms with van der Waals surface area (Å²) in [5, 5.41) is 6.91. The minimum absolute atomic E-state index is 0.371. The van der Waals surface area contributed by atoms with E-state index < -0.39 is 0 Å². The number of fused-ring (bicyclic) bond motifs is 2. The summed E-state index contributed by atoms with van der Waals surface area (Å²) in [6.07, 6.45) is 6.42. The number of methoxy groups -OCH3 is 1. The molecule has 3 atom stereocenters. The molecule has 2 bridgehead atoms. The van der Waals surface area contributed by atoms with Crippen LogP contribution in [0.5, 0.6) is 5.75 Å². The summed E-state index contributed by atoms with van der Waals surface area (Å²) in [7, 11) is 3.53. The van der Waals surface area contributed by atoms with Crippen LogP contribution < -0.4 is 15.4 Å². The Morgan fingerprint density at radius 2 is 2.30 bits per heavy atom. The molecule has 0 saturated carbocycles. The fourth-order valence-electron chi connectivity index (χ4n) is 3.49. The molecule has 2 heterocycles. The first-order chi connectivity index (χ1) is 11.3. The van der Waals surface area contributed by atoms with E-state index in [2.05, 4.69) is 27.8 Å². The molecule has 23 heavy (non-hydrogen) atoms. The first kappa shape index (κ1) is 16.1. The highest BCUT2D eigenvalue weighted by Crippen LogP contribution is 2.34. The molecule has 1 aromatic carbocycles. The van der Waals surface area contributed by atoms with Crippen LogP contribution in [-0.4, -0.2) is 44.9 Å². The Labute approximate surface area is 138 Å². The molecule has 126 valence electrons. The van der Waals surface area contributed by atoms with Crippen LogP contribution in [0.3, 0.4) is 0 Å². The number of hydrogen-bond donors (Lipinski definition) is 2. The van der Waals surface area contributed by atoms with Crippen LogP contribution in [0.25, 0.3) is 0 Å². The molecule has 0 spiro atoms. The maximum Gasteiger partial charge on any atom is 0.191 e. The smallest absolute Gasteiger partial charge is 0.191 e. The molecule has 2 aliphatic heterocycles. The summed E-state index contributed by atoms with van der Waals surface area (Å²) < 4.78 is 11.1. The molecule has 2 fully saturated rings. The van der Waals surface area contributed by atoms with Crippen LogP contribution in [-0.2, 0) is 11.2 Å². The number of nitrogens with one attached hydrogen (secondary N) is 2. The van der Waals surface area contributed by atoms with Crippen molar-refractivity contribution >= 4 is 5.96 Å². The average Bonchev–Trinajstić information content (AvgIpc) is 3.20. The van der Waals surface area contributed by atoms with Gasteiger partial charge in [-0.05, 0) is 49.8 Å². The number of rotatable bonds is 6. The third kappa shape index (κ3) is 4.16. The van der Waals surface area contributed by atoms with E-state index in [1.165, 1.54) is 18.4 Å². The van der Waals surface area contributed by atoms with Gasteiger partial charge < -0.3 is 20.1 Å². The van der Waals surface area contributed by atoms with E-state index in [-0.39, 0.29) is 0 Å². The van der Waals surface area contributed by atoms with Gasteiger partial charge in [0.05, 0.1) is 25.4 Å². The van der Waals surface area contributed by atoms with Crippen molar-refractivity contribution in [3.05, 3.63) is 29.8 Å². The van der Waals surface area contributed by atoms with Gasteiger partial charge in [0, 0.05) is 13.6 Å². The Hall–Kier alpha value is -1.75. The van der Waals surface area contributed by atoms with Gasteiger partial charge >= 0.3 is 0 Å². The summed E-state index contributed by atoms with van der Waals surface area (Å²) >= 11 is 0. The van der Waals surface area contributed by atoms with Crippen molar-refractivity contribution < 1.29 is 9.47 Å². The first-order valence-electron chi connectivity index (χ1n) is 8.54. The lowest BCUT2D eigenvalue weighted by atomic mass is 9.96. The van der Waals surface area contributed by atoms with Crippen LogP contribution in [0.2, 0.25) is 0 Å². The number of aryl methyl sites for hydroxylation is 1. The van der Waals surface area contributed by atoms with Crippen LogP contribution in [0.1, 0.15) is 31.2 Å². The third-order valence-corrected chi connectivity index (χ3v) is 4.72. The van der Waals surface area contributed by atoms with Gasteiger partial charge in [-0.2, -0.15) is 0 Å². The van der Waals surface area contributed by atoms with Crippen LogP contribution in [0.15, 0.2) is 29.3 Å². The first-order valence-corrected chi connectivity index (χ1v) is 8.54. The Morgan fingerprint density at radius 3 is 3.00 bits per heavy atom. The van der Waals surface area contributed by atoms with Crippen molar-refractivity contribution in [1.29, 1.82) is 0 Å². The lowest BCUT2D eigenvalue weighted by Gasteiger charge is -2.22. The number of ether oxygens (including phenoxy) is 2. The van der Waals surface area contributed by atoms with Crippen molar-refractivity contribution in [3.63, 3.8) is 0 Å². The lowest BCUT2D eigenvalue weighted by Crippen LogP contribution is -2.47. The second-order valence-corrected chi connectivity index (χ2v) is 6.31. The number of guanidine groups is 1. The van der Waals surface area contributed by atoms with E-state index in [9.17, 15) is 0 Å². The van der Waals surface area contributed by atoms with E-state index in [0.29, 0.717) is 18.2 Å². The Kier molecular flexibility index (Phi) is 5.39. The van der Waals surface area contributed by atoms with Gasteiger partial charge in [-0.25, -0.2) is 0 Å². The van der Waals surface area contributed by atoms with E-state index in [0.717, 1.165) is 37.5 Å². The number of hydrogen-bond acceptors (Lipinski definition) is 3. The molecular weight excluding hydrogens is 290 g/mol. The standard InChI is InChI=1S/C18H27N3O2/c1-19-18(21-16-12-15-8-9-17(16)23-15)20-10-4-6-13-5-3-7-14(11-13)22-2/h3,5,7,11,15-17H,4,6,8-10,12H2,1-2H3,(H2,19,20,21). The molecule has 5 heteroatoms. The lowest BCUT2D eigenvalue weighted by molar-refractivity contribution is 0.0992. The van der Waals surface area contributed by atoms with Gasteiger partial charge in [0.15, 0.2) is 5.96 Å². The molecular formula is C18H27N3O2. The molecule has 2 saturated heterocycles. The van der Waals surface area contributed by atoms with Gasteiger partial charge in [-0.3, -0.25) is 4.99 Å². The van der Waals surface area contributed by atoms with Gasteiger partial charge in [0.1, 0.15) is 5.75 Å². The normalized spacial score (nSPS) is 26.3. The van der Waals surface area contributed by atoms with E-state index in [4.69, 9.17) is 9.47 Å². The van der Waals surface area contributed by atoms with Gasteiger partial charge in [0.2, 0.25) is 0 Å². The fraction of sp³-hybridized carbons (Fsp3) is 0.611. The summed E-state index contributed by atoms with van der Waals surface area (Å²) in [6, 6.07) is 8.67. The highest BCUT2D eigenvalue weighted by molar-refractivity contribution is 5.80. The van der Waals surface area contributed by atoms with Crippen LogP contribution in [0.4, 0.5) is 0 Å². The second kappa shape index (κ2) is 7.68. The molecule has 0 aliphatic carbocycles. The number of aliphatic imine (C=N–C) groups is 1. The molecule has 3 unspecified atom stereocenters. The minimum Gasteiger partial charge on any atom is -0.497 e. The van der Waals surface area contributed by atoms with Gasteiger partial charge in [-0.1, -0.05) is 12.1 Å². The maximum atomic E-state index is 5.88. The van der Waals surface area contributed by atoms with Gasteiger partial charge in [0.25, 0.3) is 0 Å². The predicted octanol–water partition coefficient (Wildman–Crippen LogP) is 2.11. The third-order valence-electron chi connectivity index (χ3n) is 4.72. The average molecular weight is 317 g/mol. The summed E-state index contributed by atoms with van der Waals surface area (Å²) in [6.45, 7) is 0.901. The zero-order valence-corrected chi connectivity index (χ0v) is 14.0. The monoisotopic (exact) mass is 317 g/mol. The Bertz CT molecular complexity index is 547. The van der Waals surface area contributed by atoms with E-state index >= 15 is 0 Å². The second-order valence-electron chi connectivity index (χ2n) is 6.31. The van der Waals surface area contributed by atoms with Crippen molar-refractivity contribution in [3.8, 4) is 5.75 Å². The highest BCUT2D eigenvalue weighted by atomic mass is 16.5. The quantitative estimate of drug-likeness (QED) is 0.479. The highest BCUT2D eigenvalue weighted by Gasteiger charge is 2.41. The predicted molar refractivity (Wildman–Crippen MR) is 92.1 cm³/mol.